The summed E-state index contributed by atoms with van der Waals surface area (Å²) in [6.07, 6.45) is 2.36. The molecule has 0 spiro atoms. The van der Waals surface area contributed by atoms with E-state index in [1.165, 1.54) is 12.1 Å². The van der Waals surface area contributed by atoms with Crippen LogP contribution in [0.5, 0.6) is 0 Å². The van der Waals surface area contributed by atoms with Gasteiger partial charge in [0.05, 0.1) is 0 Å². The normalized spacial score (nSPS) is 10.4. The highest BCUT2D eigenvalue weighted by Gasteiger charge is 2.04. The second-order valence-electron chi connectivity index (χ2n) is 5.86. The molecule has 0 fully saturated rings. The monoisotopic (exact) mass is 350 g/mol. The average molecular weight is 350 g/mol. The first-order chi connectivity index (χ1) is 12.6. The van der Waals surface area contributed by atoms with Gasteiger partial charge in [-0.15, -0.1) is 0 Å². The summed E-state index contributed by atoms with van der Waals surface area (Å²) in [4.78, 5) is 20.6. The molecule has 0 saturated carbocycles. The second-order valence-corrected chi connectivity index (χ2v) is 5.86. The van der Waals surface area contributed by atoms with Crippen molar-refractivity contribution in [1.29, 1.82) is 0 Å². The zero-order valence-electron chi connectivity index (χ0n) is 14.4. The lowest BCUT2D eigenvalue weighted by Crippen LogP contribution is -2.30. The Kier molecular flexibility index (Phi) is 5.53. The Morgan fingerprint density at radius 2 is 1.77 bits per heavy atom. The number of hydrogen-bond acceptors (Lipinski definition) is 3. The first-order valence-electron chi connectivity index (χ1n) is 8.29. The fraction of sp³-hybridized carbons (Fsp3) is 0.150. The van der Waals surface area contributed by atoms with Crippen LogP contribution in [0.3, 0.4) is 0 Å². The van der Waals surface area contributed by atoms with Crippen molar-refractivity contribution in [2.45, 2.75) is 13.3 Å². The van der Waals surface area contributed by atoms with E-state index in [-0.39, 0.29) is 11.8 Å². The summed E-state index contributed by atoms with van der Waals surface area (Å²) in [7, 11) is 0. The lowest BCUT2D eigenvalue weighted by Gasteiger charge is -2.08. The molecule has 1 aromatic heterocycles. The van der Waals surface area contributed by atoms with Gasteiger partial charge < -0.3 is 10.6 Å². The van der Waals surface area contributed by atoms with E-state index < -0.39 is 0 Å². The number of rotatable bonds is 5. The van der Waals surface area contributed by atoms with Crippen molar-refractivity contribution < 1.29 is 9.18 Å². The molecule has 1 heterocycles. The SMILES string of the molecule is Cc1ccnc(-c2ccc(NC(=O)NCCc3ccc(F)cc3)cc2)n1. The third kappa shape index (κ3) is 4.86. The molecule has 0 aliphatic carbocycles. The van der Waals surface area contributed by atoms with Gasteiger partial charge in [-0.1, -0.05) is 12.1 Å². The van der Waals surface area contributed by atoms with Crippen molar-refractivity contribution in [2.24, 2.45) is 0 Å². The number of carbonyl (C=O) groups is 1. The smallest absolute Gasteiger partial charge is 0.319 e. The first-order valence-corrected chi connectivity index (χ1v) is 8.29. The number of hydrogen-bond donors (Lipinski definition) is 2. The summed E-state index contributed by atoms with van der Waals surface area (Å²) in [5.41, 5.74) is 3.43. The topological polar surface area (TPSA) is 66.9 Å². The molecule has 0 unspecified atom stereocenters. The van der Waals surface area contributed by atoms with Crippen LogP contribution in [0.2, 0.25) is 0 Å². The number of benzene rings is 2. The van der Waals surface area contributed by atoms with Crippen LogP contribution in [0, 0.1) is 12.7 Å². The number of urea groups is 1. The summed E-state index contributed by atoms with van der Waals surface area (Å²) >= 11 is 0. The standard InChI is InChI=1S/C20H19FN4O/c1-14-10-12-22-19(24-14)16-4-8-18(9-5-16)25-20(26)23-13-11-15-2-6-17(21)7-3-15/h2-10,12H,11,13H2,1H3,(H2,23,25,26). The average Bonchev–Trinajstić information content (AvgIpc) is 2.64. The highest BCUT2D eigenvalue weighted by Crippen LogP contribution is 2.17. The molecular weight excluding hydrogens is 331 g/mol. The molecule has 0 atom stereocenters. The maximum absolute atomic E-state index is 12.8. The summed E-state index contributed by atoms with van der Waals surface area (Å²) < 4.78 is 12.8. The van der Waals surface area contributed by atoms with Gasteiger partial charge in [0.25, 0.3) is 0 Å². The van der Waals surface area contributed by atoms with E-state index in [0.717, 1.165) is 16.8 Å². The minimum absolute atomic E-state index is 0.265. The van der Waals surface area contributed by atoms with E-state index in [0.29, 0.717) is 24.5 Å². The molecule has 6 heteroatoms. The summed E-state index contributed by atoms with van der Waals surface area (Å²) in [5, 5.41) is 5.56. The van der Waals surface area contributed by atoms with E-state index in [1.54, 1.807) is 30.5 Å². The molecule has 5 nitrogen and oxygen atoms in total. The molecule has 2 amide bonds. The number of aryl methyl sites for hydroxylation is 1. The highest BCUT2D eigenvalue weighted by atomic mass is 19.1. The van der Waals surface area contributed by atoms with Crippen LogP contribution in [-0.2, 0) is 6.42 Å². The molecule has 2 aromatic carbocycles. The summed E-state index contributed by atoms with van der Waals surface area (Å²) in [6.45, 7) is 2.38. The number of aromatic nitrogens is 2. The van der Waals surface area contributed by atoms with Crippen molar-refractivity contribution in [3.8, 4) is 11.4 Å². The van der Waals surface area contributed by atoms with Gasteiger partial charge in [-0.25, -0.2) is 19.2 Å². The van der Waals surface area contributed by atoms with E-state index >= 15 is 0 Å². The fourth-order valence-electron chi connectivity index (χ4n) is 2.44. The molecule has 0 saturated heterocycles. The van der Waals surface area contributed by atoms with Crippen molar-refractivity contribution >= 4 is 11.7 Å². The van der Waals surface area contributed by atoms with Gasteiger partial charge in [-0.2, -0.15) is 0 Å². The molecule has 0 radical (unpaired) electrons. The van der Waals surface area contributed by atoms with Crippen molar-refractivity contribution in [1.82, 2.24) is 15.3 Å². The molecule has 0 aliphatic rings. The van der Waals surface area contributed by atoms with Crippen LogP contribution in [0.15, 0.2) is 60.8 Å². The molecule has 0 aliphatic heterocycles. The quantitative estimate of drug-likeness (QED) is 0.732. The van der Waals surface area contributed by atoms with Gasteiger partial charge >= 0.3 is 6.03 Å². The molecule has 3 rings (SSSR count). The van der Waals surface area contributed by atoms with Gasteiger partial charge in [0.1, 0.15) is 5.82 Å². The van der Waals surface area contributed by atoms with Crippen LogP contribution < -0.4 is 10.6 Å². The van der Waals surface area contributed by atoms with Crippen LogP contribution >= 0.6 is 0 Å². The maximum atomic E-state index is 12.8. The number of anilines is 1. The van der Waals surface area contributed by atoms with Gasteiger partial charge in [0.15, 0.2) is 5.82 Å². The lowest BCUT2D eigenvalue weighted by atomic mass is 10.1. The molecule has 0 bridgehead atoms. The lowest BCUT2D eigenvalue weighted by molar-refractivity contribution is 0.252. The highest BCUT2D eigenvalue weighted by molar-refractivity contribution is 5.89. The van der Waals surface area contributed by atoms with Crippen molar-refractivity contribution in [3.05, 3.63) is 77.9 Å². The number of amides is 2. The Bertz CT molecular complexity index is 879. The zero-order chi connectivity index (χ0) is 18.4. The number of nitrogens with zero attached hydrogens (tertiary/aromatic N) is 2. The number of nitrogens with one attached hydrogen (secondary N) is 2. The van der Waals surface area contributed by atoms with Gasteiger partial charge in [0.2, 0.25) is 0 Å². The van der Waals surface area contributed by atoms with Gasteiger partial charge in [0, 0.05) is 29.7 Å². The molecule has 2 N–H and O–H groups in total. The minimum Gasteiger partial charge on any atom is -0.338 e. The third-order valence-corrected chi connectivity index (χ3v) is 3.81. The third-order valence-electron chi connectivity index (χ3n) is 3.81. The van der Waals surface area contributed by atoms with E-state index in [2.05, 4.69) is 20.6 Å². The molecular formula is C20H19FN4O. The number of carbonyl (C=O) groups excluding carboxylic acids is 1. The van der Waals surface area contributed by atoms with Crippen LogP contribution in [0.25, 0.3) is 11.4 Å². The summed E-state index contributed by atoms with van der Waals surface area (Å²) in [6, 6.07) is 15.1. The van der Waals surface area contributed by atoms with Crippen LogP contribution in [0.1, 0.15) is 11.3 Å². The van der Waals surface area contributed by atoms with Crippen LogP contribution in [-0.4, -0.2) is 22.5 Å². The van der Waals surface area contributed by atoms with Gasteiger partial charge in [-0.3, -0.25) is 0 Å². The molecule has 132 valence electrons. The Hall–Kier alpha value is -3.28. The van der Waals surface area contributed by atoms with E-state index in [1.807, 2.05) is 25.1 Å². The Morgan fingerprint density at radius 3 is 2.46 bits per heavy atom. The maximum Gasteiger partial charge on any atom is 0.319 e. The van der Waals surface area contributed by atoms with Crippen LogP contribution in [0.4, 0.5) is 14.9 Å². The van der Waals surface area contributed by atoms with Crippen molar-refractivity contribution in [2.75, 3.05) is 11.9 Å². The number of halogens is 1. The largest absolute Gasteiger partial charge is 0.338 e. The first kappa shape index (κ1) is 17.5. The van der Waals surface area contributed by atoms with Gasteiger partial charge in [-0.05, 0) is 61.4 Å². The Balaban J connectivity index is 1.50. The predicted molar refractivity (Wildman–Crippen MR) is 99.3 cm³/mol. The van der Waals surface area contributed by atoms with E-state index in [4.69, 9.17) is 0 Å². The zero-order valence-corrected chi connectivity index (χ0v) is 14.4. The predicted octanol–water partition coefficient (Wildman–Crippen LogP) is 3.96. The fourth-order valence-corrected chi connectivity index (χ4v) is 2.44. The Labute approximate surface area is 151 Å². The minimum atomic E-state index is -0.285. The Morgan fingerprint density at radius 1 is 1.04 bits per heavy atom. The molecule has 3 aromatic rings. The second kappa shape index (κ2) is 8.20. The van der Waals surface area contributed by atoms with E-state index in [9.17, 15) is 9.18 Å². The summed E-state index contributed by atoms with van der Waals surface area (Å²) in [5.74, 6) is 0.388. The van der Waals surface area contributed by atoms with Crippen molar-refractivity contribution in [3.63, 3.8) is 0 Å². The molecule has 26 heavy (non-hydrogen) atoms.